The smallest absolute Gasteiger partial charge is 0.416 e. The van der Waals surface area contributed by atoms with Crippen LogP contribution in [-0.2, 0) is 17.4 Å². The second-order valence-electron chi connectivity index (χ2n) is 3.35. The quantitative estimate of drug-likeness (QED) is 0.780. The van der Waals surface area contributed by atoms with Crippen LogP contribution in [0.15, 0.2) is 12.1 Å². The van der Waals surface area contributed by atoms with Crippen LogP contribution in [0.4, 0.5) is 13.2 Å². The van der Waals surface area contributed by atoms with E-state index in [4.69, 9.17) is 16.3 Å². The van der Waals surface area contributed by atoms with Crippen molar-refractivity contribution in [1.29, 1.82) is 0 Å². The number of carbonyl (C=O) groups excluding carboxylic acids is 1. The van der Waals surface area contributed by atoms with Crippen LogP contribution in [0, 0.1) is 0 Å². The van der Waals surface area contributed by atoms with Crippen LogP contribution in [0.2, 0.25) is 5.02 Å². The van der Waals surface area contributed by atoms with Crippen LogP contribution in [0.25, 0.3) is 0 Å². The first-order valence-electron chi connectivity index (χ1n) is 4.77. The van der Waals surface area contributed by atoms with E-state index in [0.29, 0.717) is 6.29 Å². The van der Waals surface area contributed by atoms with Gasteiger partial charge in [-0.25, -0.2) is 0 Å². The van der Waals surface area contributed by atoms with Crippen molar-refractivity contribution in [2.75, 3.05) is 7.11 Å². The van der Waals surface area contributed by atoms with Gasteiger partial charge in [-0.15, -0.1) is 0 Å². The molecular formula is C11H10ClF3O2. The molecule has 0 heterocycles. The van der Waals surface area contributed by atoms with Gasteiger partial charge in [0, 0.05) is 6.42 Å². The van der Waals surface area contributed by atoms with Gasteiger partial charge in [-0.05, 0) is 24.1 Å². The first-order chi connectivity index (χ1) is 7.90. The fourth-order valence-electron chi connectivity index (χ4n) is 1.44. The fraction of sp³-hybridized carbons (Fsp3) is 0.364. The van der Waals surface area contributed by atoms with E-state index in [2.05, 4.69) is 0 Å². The number of aldehydes is 1. The van der Waals surface area contributed by atoms with Gasteiger partial charge in [0.15, 0.2) is 0 Å². The van der Waals surface area contributed by atoms with Gasteiger partial charge in [-0.3, -0.25) is 0 Å². The summed E-state index contributed by atoms with van der Waals surface area (Å²) in [5.41, 5.74) is -0.823. The van der Waals surface area contributed by atoms with Gasteiger partial charge in [0.05, 0.1) is 17.7 Å². The molecule has 1 rings (SSSR count). The van der Waals surface area contributed by atoms with Gasteiger partial charge in [-0.1, -0.05) is 11.6 Å². The minimum atomic E-state index is -4.49. The lowest BCUT2D eigenvalue weighted by Crippen LogP contribution is -2.10. The van der Waals surface area contributed by atoms with Crippen LogP contribution in [0.5, 0.6) is 5.75 Å². The largest absolute Gasteiger partial charge is 0.495 e. The Balaban J connectivity index is 3.26. The summed E-state index contributed by atoms with van der Waals surface area (Å²) >= 11 is 5.75. The van der Waals surface area contributed by atoms with Crippen LogP contribution < -0.4 is 4.74 Å². The zero-order valence-corrected chi connectivity index (χ0v) is 9.73. The highest BCUT2D eigenvalue weighted by Gasteiger charge is 2.34. The summed E-state index contributed by atoms with van der Waals surface area (Å²) in [5.74, 6) is -0.0335. The average molecular weight is 267 g/mol. The van der Waals surface area contributed by atoms with Gasteiger partial charge in [0.25, 0.3) is 0 Å². The lowest BCUT2D eigenvalue weighted by Gasteiger charge is -2.14. The van der Waals surface area contributed by atoms with E-state index in [1.54, 1.807) is 0 Å². The molecule has 0 aliphatic heterocycles. The van der Waals surface area contributed by atoms with E-state index in [9.17, 15) is 18.0 Å². The molecule has 17 heavy (non-hydrogen) atoms. The number of methoxy groups -OCH3 is 1. The van der Waals surface area contributed by atoms with Gasteiger partial charge in [-0.2, -0.15) is 13.2 Å². The van der Waals surface area contributed by atoms with Gasteiger partial charge in [0.1, 0.15) is 12.0 Å². The second kappa shape index (κ2) is 5.40. The molecule has 2 nitrogen and oxygen atoms in total. The highest BCUT2D eigenvalue weighted by atomic mass is 35.5. The zero-order valence-electron chi connectivity index (χ0n) is 8.97. The summed E-state index contributed by atoms with van der Waals surface area (Å²) in [7, 11) is 1.24. The van der Waals surface area contributed by atoms with Crippen LogP contribution in [-0.4, -0.2) is 13.4 Å². The lowest BCUT2D eigenvalue weighted by molar-refractivity contribution is -0.138. The number of ether oxygens (including phenoxy) is 1. The summed E-state index contributed by atoms with van der Waals surface area (Å²) in [6.45, 7) is 0. The number of halogens is 4. The van der Waals surface area contributed by atoms with Gasteiger partial charge < -0.3 is 9.53 Å². The fourth-order valence-corrected chi connectivity index (χ4v) is 1.70. The van der Waals surface area contributed by atoms with Crippen molar-refractivity contribution in [3.05, 3.63) is 28.3 Å². The summed E-state index contributed by atoms with van der Waals surface area (Å²) in [6, 6.07) is 2.04. The molecule has 0 amide bonds. The third kappa shape index (κ3) is 3.36. The summed E-state index contributed by atoms with van der Waals surface area (Å²) in [6.07, 6.45) is -3.90. The molecule has 1 aromatic rings. The number of aryl methyl sites for hydroxylation is 1. The minimum absolute atomic E-state index is 0.00204. The molecule has 0 spiro atoms. The molecule has 0 bridgehead atoms. The summed E-state index contributed by atoms with van der Waals surface area (Å²) in [4.78, 5) is 10.2. The predicted molar refractivity (Wildman–Crippen MR) is 57.4 cm³/mol. The maximum Gasteiger partial charge on any atom is 0.416 e. The van der Waals surface area contributed by atoms with E-state index in [1.165, 1.54) is 13.2 Å². The Morgan fingerprint density at radius 1 is 1.41 bits per heavy atom. The molecule has 0 radical (unpaired) electrons. The predicted octanol–water partition coefficient (Wildman–Crippen LogP) is 3.50. The van der Waals surface area contributed by atoms with Crippen LogP contribution in [0.3, 0.4) is 0 Å². The molecule has 1 aromatic carbocycles. The standard InChI is InChI=1S/C11H10ClF3O2/c1-17-10-6-8(11(13,14)15)7(3-2-4-16)5-9(10)12/h4-6H,2-3H2,1H3. The van der Waals surface area contributed by atoms with Crippen molar-refractivity contribution in [2.45, 2.75) is 19.0 Å². The number of alkyl halides is 3. The number of rotatable bonds is 4. The summed E-state index contributed by atoms with van der Waals surface area (Å²) < 4.78 is 42.9. The number of hydrogen-bond donors (Lipinski definition) is 0. The summed E-state index contributed by atoms with van der Waals surface area (Å²) in [5, 5.41) is 0.0985. The lowest BCUT2D eigenvalue weighted by atomic mass is 10.0. The highest BCUT2D eigenvalue weighted by Crippen LogP contribution is 2.38. The Morgan fingerprint density at radius 3 is 2.53 bits per heavy atom. The molecule has 0 unspecified atom stereocenters. The van der Waals surface area contributed by atoms with E-state index in [1.807, 2.05) is 0 Å². The molecule has 0 saturated carbocycles. The molecule has 0 atom stereocenters. The second-order valence-corrected chi connectivity index (χ2v) is 3.75. The average Bonchev–Trinajstić information content (AvgIpc) is 2.24. The minimum Gasteiger partial charge on any atom is -0.495 e. The van der Waals surface area contributed by atoms with E-state index >= 15 is 0 Å². The Kier molecular flexibility index (Phi) is 4.40. The SMILES string of the molecule is COc1cc(C(F)(F)F)c(CCC=O)cc1Cl. The highest BCUT2D eigenvalue weighted by molar-refractivity contribution is 6.32. The maximum atomic E-state index is 12.7. The van der Waals surface area contributed by atoms with Gasteiger partial charge >= 0.3 is 6.18 Å². The van der Waals surface area contributed by atoms with E-state index in [0.717, 1.165) is 6.07 Å². The van der Waals surface area contributed by atoms with Crippen LogP contribution in [0.1, 0.15) is 17.5 Å². The third-order valence-corrected chi connectivity index (χ3v) is 2.51. The zero-order chi connectivity index (χ0) is 13.1. The molecule has 94 valence electrons. The topological polar surface area (TPSA) is 26.3 Å². The van der Waals surface area contributed by atoms with Crippen molar-refractivity contribution in [3.8, 4) is 5.75 Å². The molecular weight excluding hydrogens is 257 g/mol. The van der Waals surface area contributed by atoms with Crippen molar-refractivity contribution in [1.82, 2.24) is 0 Å². The first kappa shape index (κ1) is 13.8. The number of hydrogen-bond acceptors (Lipinski definition) is 2. The molecule has 0 saturated heterocycles. The first-order valence-corrected chi connectivity index (χ1v) is 5.15. The Hall–Kier alpha value is -1.23. The molecule has 0 aliphatic rings. The normalized spacial score (nSPS) is 11.4. The maximum absolute atomic E-state index is 12.7. The van der Waals surface area contributed by atoms with E-state index in [-0.39, 0.29) is 29.2 Å². The van der Waals surface area contributed by atoms with Crippen molar-refractivity contribution in [3.63, 3.8) is 0 Å². The van der Waals surface area contributed by atoms with Crippen molar-refractivity contribution < 1.29 is 22.7 Å². The number of carbonyl (C=O) groups is 1. The van der Waals surface area contributed by atoms with Crippen molar-refractivity contribution in [2.24, 2.45) is 0 Å². The third-order valence-electron chi connectivity index (χ3n) is 2.21. The van der Waals surface area contributed by atoms with Gasteiger partial charge in [0.2, 0.25) is 0 Å². The molecule has 0 fully saturated rings. The number of benzene rings is 1. The van der Waals surface area contributed by atoms with Crippen molar-refractivity contribution >= 4 is 17.9 Å². The van der Waals surface area contributed by atoms with E-state index < -0.39 is 11.7 Å². The Morgan fingerprint density at radius 2 is 2.06 bits per heavy atom. The molecule has 0 N–H and O–H groups in total. The Labute approximate surface area is 101 Å². The van der Waals surface area contributed by atoms with Crippen LogP contribution >= 0.6 is 11.6 Å². The monoisotopic (exact) mass is 266 g/mol. The molecule has 0 aliphatic carbocycles. The molecule has 6 heteroatoms. The Bertz CT molecular complexity index is 416. The molecule has 0 aromatic heterocycles.